The number of aryl methyl sites for hydroxylation is 3. The number of nitrogens with one attached hydrogen (secondary N) is 1. The van der Waals surface area contributed by atoms with Crippen molar-refractivity contribution in [3.8, 4) is 0 Å². The largest absolute Gasteiger partial charge is 0.322 e. The minimum Gasteiger partial charge on any atom is -0.322 e. The standard InChI is InChI=1S/C18H19NO/c1-13-6-4-9-16(12-13)10-11-17(20)19-18-14(2)7-5-8-15(18)3/h4-12H,1-3H3,(H,19,20)/b11-10-. The molecule has 2 aromatic carbocycles. The summed E-state index contributed by atoms with van der Waals surface area (Å²) >= 11 is 0. The SMILES string of the molecule is Cc1cccc(/C=C\C(=O)Nc2c(C)cccc2C)c1. The first-order valence-electron chi connectivity index (χ1n) is 6.68. The van der Waals surface area contributed by atoms with E-state index in [0.717, 1.165) is 22.4 Å². The quantitative estimate of drug-likeness (QED) is 0.825. The van der Waals surface area contributed by atoms with Gasteiger partial charge in [0.25, 0.3) is 0 Å². The lowest BCUT2D eigenvalue weighted by Crippen LogP contribution is -2.10. The summed E-state index contributed by atoms with van der Waals surface area (Å²) in [5, 5.41) is 2.94. The highest BCUT2D eigenvalue weighted by Crippen LogP contribution is 2.19. The van der Waals surface area contributed by atoms with E-state index in [-0.39, 0.29) is 5.91 Å². The zero-order valence-corrected chi connectivity index (χ0v) is 12.1. The van der Waals surface area contributed by atoms with Crippen LogP contribution in [0.5, 0.6) is 0 Å². The van der Waals surface area contributed by atoms with Crippen LogP contribution in [0, 0.1) is 20.8 Å². The molecule has 0 bridgehead atoms. The number of benzene rings is 2. The van der Waals surface area contributed by atoms with E-state index in [1.165, 1.54) is 5.56 Å². The molecule has 0 aromatic heterocycles. The summed E-state index contributed by atoms with van der Waals surface area (Å²) in [6.45, 7) is 6.02. The molecular formula is C18H19NO. The van der Waals surface area contributed by atoms with Crippen molar-refractivity contribution in [3.05, 3.63) is 70.8 Å². The maximum atomic E-state index is 12.0. The Balaban J connectivity index is 2.10. The third kappa shape index (κ3) is 3.58. The summed E-state index contributed by atoms with van der Waals surface area (Å²) in [5.74, 6) is -0.107. The summed E-state index contributed by atoms with van der Waals surface area (Å²) in [7, 11) is 0. The molecule has 0 aliphatic rings. The van der Waals surface area contributed by atoms with Gasteiger partial charge in [0.1, 0.15) is 0 Å². The van der Waals surface area contributed by atoms with Crippen LogP contribution in [0.4, 0.5) is 5.69 Å². The van der Waals surface area contributed by atoms with Crippen molar-refractivity contribution in [3.63, 3.8) is 0 Å². The monoisotopic (exact) mass is 265 g/mol. The van der Waals surface area contributed by atoms with Gasteiger partial charge >= 0.3 is 0 Å². The zero-order chi connectivity index (χ0) is 14.5. The fourth-order valence-electron chi connectivity index (χ4n) is 2.12. The number of carbonyl (C=O) groups is 1. The van der Waals surface area contributed by atoms with Gasteiger partial charge in [-0.25, -0.2) is 0 Å². The van der Waals surface area contributed by atoms with Crippen LogP contribution in [-0.4, -0.2) is 5.91 Å². The van der Waals surface area contributed by atoms with E-state index in [4.69, 9.17) is 0 Å². The lowest BCUT2D eigenvalue weighted by Gasteiger charge is -2.09. The van der Waals surface area contributed by atoms with Crippen molar-refractivity contribution >= 4 is 17.7 Å². The molecule has 0 aliphatic carbocycles. The molecule has 0 fully saturated rings. The Morgan fingerprint density at radius 1 is 1.00 bits per heavy atom. The molecule has 2 aromatic rings. The average Bonchev–Trinajstić information content (AvgIpc) is 2.41. The Morgan fingerprint density at radius 3 is 2.30 bits per heavy atom. The van der Waals surface area contributed by atoms with Crippen LogP contribution in [0.2, 0.25) is 0 Å². The van der Waals surface area contributed by atoms with Gasteiger partial charge in [0.05, 0.1) is 0 Å². The van der Waals surface area contributed by atoms with E-state index >= 15 is 0 Å². The maximum absolute atomic E-state index is 12.0. The van der Waals surface area contributed by atoms with Crippen LogP contribution in [0.3, 0.4) is 0 Å². The summed E-state index contributed by atoms with van der Waals surface area (Å²) in [6.07, 6.45) is 3.40. The molecule has 0 radical (unpaired) electrons. The van der Waals surface area contributed by atoms with Crippen molar-refractivity contribution in [2.75, 3.05) is 5.32 Å². The van der Waals surface area contributed by atoms with E-state index in [2.05, 4.69) is 5.32 Å². The van der Waals surface area contributed by atoms with E-state index in [1.807, 2.05) is 69.3 Å². The van der Waals surface area contributed by atoms with Gasteiger partial charge < -0.3 is 5.32 Å². The number of para-hydroxylation sites is 1. The number of amides is 1. The van der Waals surface area contributed by atoms with E-state index in [1.54, 1.807) is 6.08 Å². The molecule has 0 heterocycles. The van der Waals surface area contributed by atoms with Gasteiger partial charge in [-0.2, -0.15) is 0 Å². The van der Waals surface area contributed by atoms with Crippen molar-refractivity contribution < 1.29 is 4.79 Å². The molecule has 0 saturated heterocycles. The molecule has 1 amide bonds. The molecule has 2 rings (SSSR count). The van der Waals surface area contributed by atoms with Crippen LogP contribution in [-0.2, 0) is 4.79 Å². The summed E-state index contributed by atoms with van der Waals surface area (Å²) in [5.41, 5.74) is 5.25. The number of rotatable bonds is 3. The van der Waals surface area contributed by atoms with Crippen LogP contribution in [0.1, 0.15) is 22.3 Å². The highest BCUT2D eigenvalue weighted by Gasteiger charge is 2.04. The Hall–Kier alpha value is -2.35. The molecule has 0 atom stereocenters. The Labute approximate surface area is 120 Å². The molecule has 0 saturated carbocycles. The smallest absolute Gasteiger partial charge is 0.248 e. The minimum atomic E-state index is -0.107. The fourth-order valence-corrected chi connectivity index (χ4v) is 2.12. The van der Waals surface area contributed by atoms with Gasteiger partial charge in [-0.1, -0.05) is 48.0 Å². The van der Waals surface area contributed by atoms with Gasteiger partial charge in [0.15, 0.2) is 0 Å². The molecule has 102 valence electrons. The third-order valence-electron chi connectivity index (χ3n) is 3.20. The first kappa shape index (κ1) is 14.1. The molecule has 0 aliphatic heterocycles. The molecule has 0 spiro atoms. The Morgan fingerprint density at radius 2 is 1.65 bits per heavy atom. The summed E-state index contributed by atoms with van der Waals surface area (Å²) in [6, 6.07) is 14.0. The van der Waals surface area contributed by atoms with Crippen LogP contribution >= 0.6 is 0 Å². The normalized spacial score (nSPS) is 10.8. The van der Waals surface area contributed by atoms with E-state index in [0.29, 0.717) is 0 Å². The average molecular weight is 265 g/mol. The molecule has 20 heavy (non-hydrogen) atoms. The van der Waals surface area contributed by atoms with Crippen LogP contribution < -0.4 is 5.32 Å². The number of hydrogen-bond acceptors (Lipinski definition) is 1. The molecule has 1 N–H and O–H groups in total. The maximum Gasteiger partial charge on any atom is 0.248 e. The van der Waals surface area contributed by atoms with Gasteiger partial charge in [0, 0.05) is 11.8 Å². The highest BCUT2D eigenvalue weighted by atomic mass is 16.1. The Kier molecular flexibility index (Phi) is 4.36. The fraction of sp³-hybridized carbons (Fsp3) is 0.167. The second-order valence-electron chi connectivity index (χ2n) is 5.00. The third-order valence-corrected chi connectivity index (χ3v) is 3.20. The number of carbonyl (C=O) groups excluding carboxylic acids is 1. The van der Waals surface area contributed by atoms with Gasteiger partial charge in [-0.05, 0) is 43.5 Å². The van der Waals surface area contributed by atoms with Crippen LogP contribution in [0.15, 0.2) is 48.5 Å². The number of hydrogen-bond donors (Lipinski definition) is 1. The first-order chi connectivity index (χ1) is 9.56. The van der Waals surface area contributed by atoms with E-state index in [9.17, 15) is 4.79 Å². The van der Waals surface area contributed by atoms with Gasteiger partial charge in [-0.3, -0.25) is 4.79 Å². The topological polar surface area (TPSA) is 29.1 Å². The lowest BCUT2D eigenvalue weighted by atomic mass is 10.1. The molecular weight excluding hydrogens is 246 g/mol. The molecule has 2 heteroatoms. The van der Waals surface area contributed by atoms with Crippen molar-refractivity contribution in [2.45, 2.75) is 20.8 Å². The predicted octanol–water partition coefficient (Wildman–Crippen LogP) is 4.26. The second kappa shape index (κ2) is 6.20. The lowest BCUT2D eigenvalue weighted by molar-refractivity contribution is -0.111. The summed E-state index contributed by atoms with van der Waals surface area (Å²) < 4.78 is 0. The number of anilines is 1. The summed E-state index contributed by atoms with van der Waals surface area (Å²) in [4.78, 5) is 12.0. The van der Waals surface area contributed by atoms with Gasteiger partial charge in [0.2, 0.25) is 5.91 Å². The van der Waals surface area contributed by atoms with Crippen molar-refractivity contribution in [1.82, 2.24) is 0 Å². The van der Waals surface area contributed by atoms with E-state index < -0.39 is 0 Å². The molecule has 0 unspecified atom stereocenters. The van der Waals surface area contributed by atoms with Crippen molar-refractivity contribution in [2.24, 2.45) is 0 Å². The first-order valence-corrected chi connectivity index (χ1v) is 6.68. The zero-order valence-electron chi connectivity index (χ0n) is 12.1. The Bertz CT molecular complexity index is 636. The second-order valence-corrected chi connectivity index (χ2v) is 5.00. The van der Waals surface area contributed by atoms with Gasteiger partial charge in [-0.15, -0.1) is 0 Å². The van der Waals surface area contributed by atoms with Crippen molar-refractivity contribution in [1.29, 1.82) is 0 Å². The minimum absolute atomic E-state index is 0.107. The molecule has 2 nitrogen and oxygen atoms in total. The predicted molar refractivity (Wildman–Crippen MR) is 84.8 cm³/mol. The highest BCUT2D eigenvalue weighted by molar-refractivity contribution is 6.02. The van der Waals surface area contributed by atoms with Crippen LogP contribution in [0.25, 0.3) is 6.08 Å².